The number of nitrogens with zero attached hydrogens (tertiary/aromatic N) is 2. The Morgan fingerprint density at radius 3 is 2.43 bits per heavy atom. The maximum Gasteiger partial charge on any atom is 0.259 e. The first-order valence-electron chi connectivity index (χ1n) is 8.01. The Labute approximate surface area is 135 Å². The minimum atomic E-state index is -0.324. The molecule has 1 aliphatic rings. The Morgan fingerprint density at radius 1 is 1.04 bits per heavy atom. The lowest BCUT2D eigenvalue weighted by Crippen LogP contribution is -2.28. The quantitative estimate of drug-likeness (QED) is 0.936. The zero-order valence-corrected chi connectivity index (χ0v) is 13.0. The molecule has 2 aromatic rings. The van der Waals surface area contributed by atoms with Crippen molar-refractivity contribution in [1.29, 1.82) is 0 Å². The molecule has 1 saturated heterocycles. The van der Waals surface area contributed by atoms with E-state index in [-0.39, 0.29) is 11.7 Å². The minimum absolute atomic E-state index is 0.219. The number of halogens is 1. The van der Waals surface area contributed by atoms with Gasteiger partial charge in [-0.3, -0.25) is 4.79 Å². The van der Waals surface area contributed by atoms with Gasteiger partial charge in [-0.2, -0.15) is 0 Å². The molecule has 1 aliphatic heterocycles. The van der Waals surface area contributed by atoms with Gasteiger partial charge in [-0.05, 0) is 49.2 Å². The fourth-order valence-electron chi connectivity index (χ4n) is 2.84. The molecule has 23 heavy (non-hydrogen) atoms. The highest BCUT2D eigenvalue weighted by atomic mass is 19.1. The first-order chi connectivity index (χ1) is 11.2. The number of anilines is 2. The highest BCUT2D eigenvalue weighted by molar-refractivity contribution is 6.07. The van der Waals surface area contributed by atoms with E-state index in [4.69, 9.17) is 0 Å². The van der Waals surface area contributed by atoms with Crippen molar-refractivity contribution in [3.05, 3.63) is 54.0 Å². The van der Waals surface area contributed by atoms with Crippen LogP contribution in [0.4, 0.5) is 15.9 Å². The smallest absolute Gasteiger partial charge is 0.259 e. The van der Waals surface area contributed by atoms with E-state index in [0.717, 1.165) is 31.7 Å². The molecule has 4 nitrogen and oxygen atoms in total. The number of carbonyl (C=O) groups is 1. The largest absolute Gasteiger partial charge is 0.356 e. The molecule has 0 radical (unpaired) electrons. The van der Waals surface area contributed by atoms with Crippen molar-refractivity contribution >= 4 is 17.4 Å². The number of carbonyl (C=O) groups excluding carboxylic acids is 1. The third-order valence-electron chi connectivity index (χ3n) is 4.04. The Kier molecular flexibility index (Phi) is 4.86. The van der Waals surface area contributed by atoms with Gasteiger partial charge in [-0.15, -0.1) is 0 Å². The molecule has 3 rings (SSSR count). The van der Waals surface area contributed by atoms with E-state index in [2.05, 4.69) is 15.2 Å². The lowest BCUT2D eigenvalue weighted by Gasteiger charge is -2.23. The molecule has 120 valence electrons. The molecular formula is C18H20FN3O. The summed E-state index contributed by atoms with van der Waals surface area (Å²) in [6, 6.07) is 9.31. The monoisotopic (exact) mass is 313 g/mol. The molecule has 0 aliphatic carbocycles. The van der Waals surface area contributed by atoms with Gasteiger partial charge in [0.1, 0.15) is 11.6 Å². The molecular weight excluding hydrogens is 293 g/mol. The summed E-state index contributed by atoms with van der Waals surface area (Å²) in [4.78, 5) is 19.2. The van der Waals surface area contributed by atoms with Crippen LogP contribution in [0, 0.1) is 5.82 Å². The van der Waals surface area contributed by atoms with Gasteiger partial charge >= 0.3 is 0 Å². The summed E-state index contributed by atoms with van der Waals surface area (Å²) in [6.45, 7) is 1.85. The van der Waals surface area contributed by atoms with E-state index in [1.165, 1.54) is 25.0 Å². The average molecular weight is 313 g/mol. The number of hydrogen-bond acceptors (Lipinski definition) is 3. The Morgan fingerprint density at radius 2 is 1.74 bits per heavy atom. The third-order valence-corrected chi connectivity index (χ3v) is 4.04. The molecule has 1 fully saturated rings. The Hall–Kier alpha value is -2.43. The summed E-state index contributed by atoms with van der Waals surface area (Å²) >= 11 is 0. The van der Waals surface area contributed by atoms with Gasteiger partial charge in [-0.1, -0.05) is 12.8 Å². The van der Waals surface area contributed by atoms with Crippen molar-refractivity contribution in [2.45, 2.75) is 25.7 Å². The van der Waals surface area contributed by atoms with Crippen LogP contribution in [0.25, 0.3) is 0 Å². The van der Waals surface area contributed by atoms with Crippen LogP contribution in [0.3, 0.4) is 0 Å². The number of nitrogens with one attached hydrogen (secondary N) is 1. The fraction of sp³-hybridized carbons (Fsp3) is 0.333. The van der Waals surface area contributed by atoms with Crippen LogP contribution in [-0.2, 0) is 0 Å². The number of hydrogen-bond donors (Lipinski definition) is 1. The number of aromatic nitrogens is 1. The predicted octanol–water partition coefficient (Wildman–Crippen LogP) is 3.85. The second-order valence-electron chi connectivity index (χ2n) is 5.74. The van der Waals surface area contributed by atoms with E-state index in [1.54, 1.807) is 30.5 Å². The summed E-state index contributed by atoms with van der Waals surface area (Å²) < 4.78 is 13.0. The second-order valence-corrected chi connectivity index (χ2v) is 5.74. The molecule has 0 bridgehead atoms. The van der Waals surface area contributed by atoms with Gasteiger partial charge in [0.25, 0.3) is 5.91 Å². The van der Waals surface area contributed by atoms with Gasteiger partial charge in [0.05, 0.1) is 5.56 Å². The van der Waals surface area contributed by atoms with E-state index in [1.807, 2.05) is 0 Å². The first kappa shape index (κ1) is 15.5. The number of benzene rings is 1. The van der Waals surface area contributed by atoms with Crippen molar-refractivity contribution in [2.75, 3.05) is 23.3 Å². The summed E-state index contributed by atoms with van der Waals surface area (Å²) in [5.74, 6) is 0.188. The van der Waals surface area contributed by atoms with Crippen LogP contribution in [0.5, 0.6) is 0 Å². The summed E-state index contributed by atoms with van der Waals surface area (Å²) in [5.41, 5.74) is 1.13. The minimum Gasteiger partial charge on any atom is -0.356 e. The van der Waals surface area contributed by atoms with Gasteiger partial charge in [0.15, 0.2) is 0 Å². The summed E-state index contributed by atoms with van der Waals surface area (Å²) in [7, 11) is 0. The van der Waals surface area contributed by atoms with Gasteiger partial charge in [0.2, 0.25) is 0 Å². The first-order valence-corrected chi connectivity index (χ1v) is 8.01. The van der Waals surface area contributed by atoms with Gasteiger partial charge in [0, 0.05) is 25.0 Å². The second kappa shape index (κ2) is 7.22. The van der Waals surface area contributed by atoms with Crippen LogP contribution in [0.15, 0.2) is 42.6 Å². The zero-order valence-electron chi connectivity index (χ0n) is 13.0. The van der Waals surface area contributed by atoms with E-state index >= 15 is 0 Å². The lowest BCUT2D eigenvalue weighted by molar-refractivity contribution is 0.102. The maximum absolute atomic E-state index is 13.0. The van der Waals surface area contributed by atoms with Crippen LogP contribution in [-0.4, -0.2) is 24.0 Å². The molecule has 5 heteroatoms. The Bertz CT molecular complexity index is 664. The molecule has 0 saturated carbocycles. The van der Waals surface area contributed by atoms with Crippen LogP contribution < -0.4 is 10.2 Å². The average Bonchev–Trinajstić information content (AvgIpc) is 2.86. The Balaban J connectivity index is 1.81. The molecule has 2 heterocycles. The number of rotatable bonds is 3. The molecule has 1 aromatic carbocycles. The van der Waals surface area contributed by atoms with E-state index < -0.39 is 0 Å². The SMILES string of the molecule is O=C(Nc1ccc(F)cc1)c1cccnc1N1CCCCCC1. The zero-order chi connectivity index (χ0) is 16.1. The molecule has 0 spiro atoms. The molecule has 1 aromatic heterocycles. The van der Waals surface area contributed by atoms with Crippen molar-refractivity contribution in [3.63, 3.8) is 0 Å². The highest BCUT2D eigenvalue weighted by Gasteiger charge is 2.19. The van der Waals surface area contributed by atoms with Crippen molar-refractivity contribution in [2.24, 2.45) is 0 Å². The predicted molar refractivity (Wildman–Crippen MR) is 89.3 cm³/mol. The molecule has 1 amide bonds. The summed E-state index contributed by atoms with van der Waals surface area (Å²) in [6.07, 6.45) is 6.40. The number of amides is 1. The fourth-order valence-corrected chi connectivity index (χ4v) is 2.84. The summed E-state index contributed by atoms with van der Waals surface area (Å²) in [5, 5.41) is 2.81. The van der Waals surface area contributed by atoms with Crippen LogP contribution in [0.1, 0.15) is 36.0 Å². The van der Waals surface area contributed by atoms with E-state index in [9.17, 15) is 9.18 Å². The normalized spacial score (nSPS) is 15.1. The van der Waals surface area contributed by atoms with Gasteiger partial charge < -0.3 is 10.2 Å². The van der Waals surface area contributed by atoms with Crippen molar-refractivity contribution in [3.8, 4) is 0 Å². The highest BCUT2D eigenvalue weighted by Crippen LogP contribution is 2.22. The molecule has 1 N–H and O–H groups in total. The lowest BCUT2D eigenvalue weighted by atomic mass is 10.2. The molecule has 0 unspecified atom stereocenters. The number of pyridine rings is 1. The van der Waals surface area contributed by atoms with Crippen LogP contribution in [0.2, 0.25) is 0 Å². The van der Waals surface area contributed by atoms with Crippen molar-refractivity contribution < 1.29 is 9.18 Å². The van der Waals surface area contributed by atoms with Crippen molar-refractivity contribution in [1.82, 2.24) is 4.98 Å². The standard InChI is InChI=1S/C18H20FN3O/c19-14-7-9-15(10-8-14)21-18(23)16-6-5-11-20-17(16)22-12-3-1-2-4-13-22/h5-11H,1-4,12-13H2,(H,21,23). The topological polar surface area (TPSA) is 45.2 Å². The maximum atomic E-state index is 13.0. The molecule has 0 atom stereocenters. The van der Waals surface area contributed by atoms with E-state index in [0.29, 0.717) is 11.3 Å². The third kappa shape index (κ3) is 3.86. The van der Waals surface area contributed by atoms with Gasteiger partial charge in [-0.25, -0.2) is 9.37 Å². The van der Waals surface area contributed by atoms with Crippen LogP contribution >= 0.6 is 0 Å².